The molecule has 2 heterocycles. The van der Waals surface area contributed by atoms with E-state index in [1.807, 2.05) is 20.0 Å². The second-order valence-electron chi connectivity index (χ2n) is 6.98. The maximum absolute atomic E-state index is 12.5. The molecule has 1 aliphatic rings. The van der Waals surface area contributed by atoms with E-state index in [1.165, 1.54) is 0 Å². The molecule has 1 fully saturated rings. The summed E-state index contributed by atoms with van der Waals surface area (Å²) >= 11 is 0. The van der Waals surface area contributed by atoms with Crippen LogP contribution in [0.3, 0.4) is 0 Å². The summed E-state index contributed by atoms with van der Waals surface area (Å²) in [5.41, 5.74) is 1.49. The molecule has 1 N–H and O–H groups in total. The van der Waals surface area contributed by atoms with Crippen LogP contribution in [0.4, 0.5) is 4.79 Å². The molecule has 0 saturated carbocycles. The maximum atomic E-state index is 12.5. The second kappa shape index (κ2) is 8.13. The van der Waals surface area contributed by atoms with Gasteiger partial charge in [-0.3, -0.25) is 9.78 Å². The number of hydrogen-bond donors (Lipinski definition) is 1. The number of amides is 3. The Morgan fingerprint density at radius 2 is 2.17 bits per heavy atom. The van der Waals surface area contributed by atoms with Crippen molar-refractivity contribution in [2.24, 2.45) is 5.92 Å². The molecule has 24 heavy (non-hydrogen) atoms. The van der Waals surface area contributed by atoms with E-state index >= 15 is 0 Å². The number of carbonyl (C=O) groups is 2. The van der Waals surface area contributed by atoms with Gasteiger partial charge in [-0.05, 0) is 37.8 Å². The molecular formula is C18H28N4O2. The van der Waals surface area contributed by atoms with Gasteiger partial charge < -0.3 is 15.1 Å². The summed E-state index contributed by atoms with van der Waals surface area (Å²) in [5.74, 6) is 0.551. The Morgan fingerprint density at radius 3 is 2.79 bits per heavy atom. The summed E-state index contributed by atoms with van der Waals surface area (Å²) < 4.78 is 0. The van der Waals surface area contributed by atoms with Crippen LogP contribution >= 0.6 is 0 Å². The topological polar surface area (TPSA) is 65.5 Å². The number of nitrogens with zero attached hydrogens (tertiary/aromatic N) is 3. The first-order valence-corrected chi connectivity index (χ1v) is 8.60. The lowest BCUT2D eigenvalue weighted by Crippen LogP contribution is -2.45. The Kier molecular flexibility index (Phi) is 6.17. The van der Waals surface area contributed by atoms with Crippen molar-refractivity contribution in [1.29, 1.82) is 0 Å². The first-order valence-electron chi connectivity index (χ1n) is 8.60. The number of rotatable bonds is 5. The minimum Gasteiger partial charge on any atom is -0.336 e. The highest BCUT2D eigenvalue weighted by Crippen LogP contribution is 2.14. The van der Waals surface area contributed by atoms with Crippen molar-refractivity contribution in [3.05, 3.63) is 29.6 Å². The molecule has 6 heteroatoms. The van der Waals surface area contributed by atoms with Gasteiger partial charge >= 0.3 is 6.03 Å². The smallest absolute Gasteiger partial charge is 0.317 e. The van der Waals surface area contributed by atoms with Crippen LogP contribution in [-0.4, -0.2) is 59.4 Å². The third-order valence-electron chi connectivity index (χ3n) is 4.35. The van der Waals surface area contributed by atoms with E-state index in [0.29, 0.717) is 24.6 Å². The molecule has 0 unspecified atom stereocenters. The van der Waals surface area contributed by atoms with E-state index in [-0.39, 0.29) is 18.0 Å². The molecular weight excluding hydrogens is 304 g/mol. The summed E-state index contributed by atoms with van der Waals surface area (Å²) in [6.07, 6.45) is 3.39. The zero-order valence-corrected chi connectivity index (χ0v) is 15.1. The van der Waals surface area contributed by atoms with Crippen LogP contribution < -0.4 is 5.32 Å². The molecule has 0 spiro atoms. The van der Waals surface area contributed by atoms with Crippen molar-refractivity contribution in [2.45, 2.75) is 39.7 Å². The molecule has 1 aromatic rings. The molecule has 1 atom stereocenters. The fourth-order valence-corrected chi connectivity index (χ4v) is 2.68. The average molecular weight is 332 g/mol. The van der Waals surface area contributed by atoms with E-state index in [2.05, 4.69) is 24.1 Å². The van der Waals surface area contributed by atoms with Gasteiger partial charge in [-0.2, -0.15) is 0 Å². The van der Waals surface area contributed by atoms with Crippen LogP contribution in [0.1, 0.15) is 42.7 Å². The first kappa shape index (κ1) is 18.2. The summed E-state index contributed by atoms with van der Waals surface area (Å²) in [6, 6.07) is 3.59. The van der Waals surface area contributed by atoms with E-state index in [9.17, 15) is 9.59 Å². The molecule has 0 aliphatic carbocycles. The predicted octanol–water partition coefficient (Wildman–Crippen LogP) is 2.29. The van der Waals surface area contributed by atoms with Crippen LogP contribution in [0.25, 0.3) is 0 Å². The van der Waals surface area contributed by atoms with Gasteiger partial charge in [-0.1, -0.05) is 13.8 Å². The molecule has 0 bridgehead atoms. The van der Waals surface area contributed by atoms with Crippen molar-refractivity contribution in [3.8, 4) is 0 Å². The van der Waals surface area contributed by atoms with E-state index in [4.69, 9.17) is 0 Å². The van der Waals surface area contributed by atoms with Gasteiger partial charge in [-0.15, -0.1) is 0 Å². The molecule has 0 radical (unpaired) electrons. The van der Waals surface area contributed by atoms with Gasteiger partial charge in [-0.25, -0.2) is 4.79 Å². The molecule has 2 rings (SSSR count). The van der Waals surface area contributed by atoms with Crippen LogP contribution in [0, 0.1) is 12.8 Å². The van der Waals surface area contributed by atoms with Crippen LogP contribution in [0.2, 0.25) is 0 Å². The minimum atomic E-state index is -0.0630. The Balaban J connectivity index is 1.83. The van der Waals surface area contributed by atoms with Crippen molar-refractivity contribution in [3.63, 3.8) is 0 Å². The Hall–Kier alpha value is -2.11. The predicted molar refractivity (Wildman–Crippen MR) is 93.9 cm³/mol. The standard InChI is InChI=1S/C18H28N4O2/c1-13(2)7-9-21(4)18(24)20-16-8-10-22(12-16)17(23)15-6-5-14(3)19-11-15/h5-6,11,13,16H,7-10,12H2,1-4H3,(H,20,24)/t16-/m1/s1. The third-order valence-corrected chi connectivity index (χ3v) is 4.35. The van der Waals surface area contributed by atoms with Crippen molar-refractivity contribution >= 4 is 11.9 Å². The number of likely N-dealkylation sites (tertiary alicyclic amines) is 1. The lowest BCUT2D eigenvalue weighted by atomic mass is 10.1. The molecule has 6 nitrogen and oxygen atoms in total. The Morgan fingerprint density at radius 1 is 1.42 bits per heavy atom. The van der Waals surface area contributed by atoms with E-state index < -0.39 is 0 Å². The number of aromatic nitrogens is 1. The summed E-state index contributed by atoms with van der Waals surface area (Å²) in [7, 11) is 1.81. The van der Waals surface area contributed by atoms with Crippen molar-refractivity contribution < 1.29 is 9.59 Å². The minimum absolute atomic E-state index is 0.0151. The molecule has 132 valence electrons. The van der Waals surface area contributed by atoms with Gasteiger partial charge in [0.25, 0.3) is 5.91 Å². The Bertz CT molecular complexity index is 571. The summed E-state index contributed by atoms with van der Waals surface area (Å²) in [5, 5.41) is 3.03. The van der Waals surface area contributed by atoms with Gasteiger partial charge in [0.05, 0.1) is 5.56 Å². The highest BCUT2D eigenvalue weighted by molar-refractivity contribution is 5.94. The lowest BCUT2D eigenvalue weighted by molar-refractivity contribution is 0.0788. The van der Waals surface area contributed by atoms with Crippen LogP contribution in [0.5, 0.6) is 0 Å². The highest BCUT2D eigenvalue weighted by Gasteiger charge is 2.28. The van der Waals surface area contributed by atoms with Gasteiger partial charge in [0.1, 0.15) is 0 Å². The number of carbonyl (C=O) groups excluding carboxylic acids is 2. The third kappa shape index (κ3) is 4.94. The number of urea groups is 1. The number of pyridine rings is 1. The largest absolute Gasteiger partial charge is 0.336 e. The zero-order chi connectivity index (χ0) is 17.7. The van der Waals surface area contributed by atoms with Gasteiger partial charge in [0.2, 0.25) is 0 Å². The van der Waals surface area contributed by atoms with E-state index in [0.717, 1.165) is 25.1 Å². The first-order chi connectivity index (χ1) is 11.4. The van der Waals surface area contributed by atoms with E-state index in [1.54, 1.807) is 22.1 Å². The lowest BCUT2D eigenvalue weighted by Gasteiger charge is -2.22. The zero-order valence-electron chi connectivity index (χ0n) is 15.1. The normalized spacial score (nSPS) is 17.2. The summed E-state index contributed by atoms with van der Waals surface area (Å²) in [4.78, 5) is 32.3. The number of aryl methyl sites for hydroxylation is 1. The molecule has 0 aromatic carbocycles. The van der Waals surface area contributed by atoms with Gasteiger partial charge in [0, 0.05) is 44.6 Å². The summed E-state index contributed by atoms with van der Waals surface area (Å²) in [6.45, 7) is 8.14. The molecule has 3 amide bonds. The fraction of sp³-hybridized carbons (Fsp3) is 0.611. The maximum Gasteiger partial charge on any atom is 0.317 e. The second-order valence-corrected chi connectivity index (χ2v) is 6.98. The van der Waals surface area contributed by atoms with Crippen LogP contribution in [0.15, 0.2) is 18.3 Å². The monoisotopic (exact) mass is 332 g/mol. The number of hydrogen-bond acceptors (Lipinski definition) is 3. The molecule has 1 saturated heterocycles. The Labute approximate surface area is 144 Å². The average Bonchev–Trinajstić information content (AvgIpc) is 3.01. The quantitative estimate of drug-likeness (QED) is 0.900. The van der Waals surface area contributed by atoms with Crippen LogP contribution in [-0.2, 0) is 0 Å². The molecule has 1 aromatic heterocycles. The SMILES string of the molecule is Cc1ccc(C(=O)N2CC[C@@H](NC(=O)N(C)CCC(C)C)C2)cn1. The van der Waals surface area contributed by atoms with Crippen molar-refractivity contribution in [1.82, 2.24) is 20.1 Å². The van der Waals surface area contributed by atoms with Crippen molar-refractivity contribution in [2.75, 3.05) is 26.7 Å². The van der Waals surface area contributed by atoms with Gasteiger partial charge in [0.15, 0.2) is 0 Å². The highest BCUT2D eigenvalue weighted by atomic mass is 16.2. The fourth-order valence-electron chi connectivity index (χ4n) is 2.68. The number of nitrogens with one attached hydrogen (secondary N) is 1. The molecule has 1 aliphatic heterocycles.